The molecule has 4 rings (SSSR count). The Labute approximate surface area is 203 Å². The quantitative estimate of drug-likeness (QED) is 0.294. The molecule has 174 valence electrons. The van der Waals surface area contributed by atoms with E-state index in [1.807, 2.05) is 89.3 Å². The molecule has 0 saturated heterocycles. The molecule has 3 aromatic rings. The van der Waals surface area contributed by atoms with Crippen LogP contribution in [0.4, 0.5) is 5.69 Å². The second kappa shape index (κ2) is 10.0. The topological polar surface area (TPSA) is 48.0 Å². The van der Waals surface area contributed by atoms with Gasteiger partial charge < -0.3 is 0 Å². The molecular formula is C27H30INO4. The van der Waals surface area contributed by atoms with Crippen molar-refractivity contribution in [3.8, 4) is 11.5 Å². The van der Waals surface area contributed by atoms with Crippen LogP contribution in [0.3, 0.4) is 0 Å². The first-order valence-electron chi connectivity index (χ1n) is 11.1. The number of nitrogens with zero attached hydrogens (tertiary/aromatic N) is 1. The molecule has 1 aliphatic rings. The Balaban J connectivity index is 1.71. The number of hydrogen-bond donors (Lipinski definition) is 0. The molecule has 0 N–H and O–H groups in total. The maximum absolute atomic E-state index is 13.1. The Morgan fingerprint density at radius 3 is 2.30 bits per heavy atom. The van der Waals surface area contributed by atoms with Gasteiger partial charge in [0.1, 0.15) is 0 Å². The molecule has 1 aliphatic heterocycles. The van der Waals surface area contributed by atoms with Crippen molar-refractivity contribution >= 4 is 31.9 Å². The molecule has 0 bridgehead atoms. The Morgan fingerprint density at radius 2 is 1.61 bits per heavy atom. The van der Waals surface area contributed by atoms with Crippen molar-refractivity contribution in [3.05, 3.63) is 85.0 Å². The number of ether oxygens (including phenoxy) is 2. The first-order chi connectivity index (χ1) is 15.8. The van der Waals surface area contributed by atoms with Crippen molar-refractivity contribution in [1.29, 1.82) is 0 Å². The van der Waals surface area contributed by atoms with Gasteiger partial charge in [0.2, 0.25) is 0 Å². The molecule has 0 spiro atoms. The molecule has 0 saturated carbocycles. The number of hydrogen-bond acceptors (Lipinski definition) is 5. The Bertz CT molecular complexity index is 1130. The van der Waals surface area contributed by atoms with Crippen LogP contribution in [0, 0.1) is 7.14 Å². The van der Waals surface area contributed by atoms with Crippen LogP contribution >= 0.6 is 20.2 Å². The van der Waals surface area contributed by atoms with Gasteiger partial charge in [0.05, 0.1) is 0 Å². The number of benzene rings is 3. The average molecular weight is 559 g/mol. The second-order valence-electron chi connectivity index (χ2n) is 8.51. The van der Waals surface area contributed by atoms with Crippen LogP contribution in [0.5, 0.6) is 11.5 Å². The summed E-state index contributed by atoms with van der Waals surface area (Å²) in [4.78, 5) is 15.2. The van der Waals surface area contributed by atoms with Gasteiger partial charge in [-0.1, -0.05) is 0 Å². The van der Waals surface area contributed by atoms with Gasteiger partial charge >= 0.3 is 204 Å². The molecule has 1 heterocycles. The van der Waals surface area contributed by atoms with Crippen molar-refractivity contribution < 1.29 is 17.3 Å². The molecule has 0 unspecified atom stereocenters. The average Bonchev–Trinajstić information content (AvgIpc) is 3.10. The Hall–Kier alpha value is -2.74. The molecule has 0 atom stereocenters. The van der Waals surface area contributed by atoms with Crippen molar-refractivity contribution in [2.24, 2.45) is 0 Å². The van der Waals surface area contributed by atoms with Gasteiger partial charge in [-0.15, -0.1) is 0 Å². The van der Waals surface area contributed by atoms with E-state index < -0.39 is 20.2 Å². The van der Waals surface area contributed by atoms with Crippen LogP contribution < -0.4 is 14.4 Å². The van der Waals surface area contributed by atoms with E-state index in [0.29, 0.717) is 12.1 Å². The van der Waals surface area contributed by atoms with Gasteiger partial charge in [0.15, 0.2) is 0 Å². The summed E-state index contributed by atoms with van der Waals surface area (Å²) < 4.78 is 20.1. The molecule has 0 fully saturated rings. The van der Waals surface area contributed by atoms with Crippen molar-refractivity contribution in [1.82, 2.24) is 0 Å². The van der Waals surface area contributed by atoms with Gasteiger partial charge in [-0.25, -0.2) is 0 Å². The molecule has 3 aromatic carbocycles. The third-order valence-electron chi connectivity index (χ3n) is 5.02. The zero-order chi connectivity index (χ0) is 23.5. The van der Waals surface area contributed by atoms with Crippen LogP contribution in [0.2, 0.25) is 0 Å². The third kappa shape index (κ3) is 5.27. The normalized spacial score (nSPS) is 13.8. The van der Waals surface area contributed by atoms with Gasteiger partial charge in [-0.05, 0) is 0 Å². The maximum atomic E-state index is 13.1. The number of anilines is 1. The van der Waals surface area contributed by atoms with Crippen LogP contribution in [-0.2, 0) is 9.61 Å². The summed E-state index contributed by atoms with van der Waals surface area (Å²) >= 11 is -2.48. The van der Waals surface area contributed by atoms with E-state index in [2.05, 4.69) is 17.0 Å². The minimum absolute atomic E-state index is 0.00460. The van der Waals surface area contributed by atoms with Crippen LogP contribution in [-0.4, -0.2) is 25.2 Å². The Kier molecular flexibility index (Phi) is 7.12. The van der Waals surface area contributed by atoms with Gasteiger partial charge in [-0.2, -0.15) is 0 Å². The summed E-state index contributed by atoms with van der Waals surface area (Å²) in [7, 11) is 2.01. The first kappa shape index (κ1) is 23.4. The zero-order valence-electron chi connectivity index (χ0n) is 19.7. The summed E-state index contributed by atoms with van der Waals surface area (Å²) in [6.07, 6.45) is 0.0596. The van der Waals surface area contributed by atoms with Gasteiger partial charge in [0, 0.05) is 0 Å². The fraction of sp³-hybridized carbons (Fsp3) is 0.296. The molecule has 0 aromatic heterocycles. The predicted octanol–water partition coefficient (Wildman–Crippen LogP) is 6.53. The van der Waals surface area contributed by atoms with Crippen molar-refractivity contribution in [2.45, 2.75) is 46.4 Å². The van der Waals surface area contributed by atoms with E-state index in [0.717, 1.165) is 24.3 Å². The fourth-order valence-electron chi connectivity index (χ4n) is 3.74. The minimum atomic E-state index is -2.48. The molecular weight excluding hydrogens is 529 g/mol. The van der Waals surface area contributed by atoms with Crippen LogP contribution in [0.15, 0.2) is 66.7 Å². The summed E-state index contributed by atoms with van der Waals surface area (Å²) in [5, 5.41) is 0. The van der Waals surface area contributed by atoms with E-state index in [4.69, 9.17) is 12.5 Å². The van der Waals surface area contributed by atoms with Crippen molar-refractivity contribution in [2.75, 3.05) is 11.9 Å². The van der Waals surface area contributed by atoms with Crippen molar-refractivity contribution in [3.63, 3.8) is 0 Å². The number of halogens is 1. The first-order valence-corrected chi connectivity index (χ1v) is 14.2. The summed E-state index contributed by atoms with van der Waals surface area (Å²) in [6.45, 7) is 8.69. The van der Waals surface area contributed by atoms with E-state index >= 15 is 0 Å². The molecule has 33 heavy (non-hydrogen) atoms. The predicted molar refractivity (Wildman–Crippen MR) is 140 cm³/mol. The number of carbonyl (C=O) groups is 1. The number of fused-ring (bicyclic) bond motifs is 1. The van der Waals surface area contributed by atoms with E-state index in [1.165, 1.54) is 5.56 Å². The van der Waals surface area contributed by atoms with Gasteiger partial charge in [-0.3, -0.25) is 0 Å². The number of rotatable bonds is 8. The van der Waals surface area contributed by atoms with Gasteiger partial charge in [0.25, 0.3) is 0 Å². The van der Waals surface area contributed by atoms with E-state index in [1.54, 1.807) is 0 Å². The molecule has 6 heteroatoms. The second-order valence-corrected chi connectivity index (χ2v) is 12.7. The number of carbonyl (C=O) groups excluding carboxylic acids is 1. The summed E-state index contributed by atoms with van der Waals surface area (Å²) in [6, 6.07) is 22.1. The Morgan fingerprint density at radius 1 is 0.879 bits per heavy atom. The SMILES string of the molecule is CC(C)Oc1ccc(I2OC(=O)c3c(N(C)Cc4ccccc4)cccc32)c(OC(C)C)c1. The zero-order valence-corrected chi connectivity index (χ0v) is 21.8. The van der Waals surface area contributed by atoms with E-state index in [-0.39, 0.29) is 18.2 Å². The molecule has 5 nitrogen and oxygen atoms in total. The van der Waals surface area contributed by atoms with Crippen LogP contribution in [0.25, 0.3) is 0 Å². The molecule has 0 aliphatic carbocycles. The van der Waals surface area contributed by atoms with E-state index in [9.17, 15) is 4.79 Å². The summed E-state index contributed by atoms with van der Waals surface area (Å²) in [5.74, 6) is 1.24. The standard InChI is InChI=1S/C27H30INO4/c1-18(2)31-21-14-15-22(25(16-21)32-19(3)4)28-23-12-9-13-24(26(23)27(30)33-28)29(5)17-20-10-7-6-8-11-20/h6-16,18-19H,17H2,1-5H3. The monoisotopic (exact) mass is 559 g/mol. The molecule has 0 radical (unpaired) electrons. The third-order valence-corrected chi connectivity index (χ3v) is 9.77. The fourth-order valence-corrected chi connectivity index (χ4v) is 8.25. The van der Waals surface area contributed by atoms with Crippen LogP contribution in [0.1, 0.15) is 43.6 Å². The summed E-state index contributed by atoms with van der Waals surface area (Å²) in [5.41, 5.74) is 2.76. The molecule has 0 amide bonds.